The van der Waals surface area contributed by atoms with Crippen molar-refractivity contribution in [3.63, 3.8) is 0 Å². The highest BCUT2D eigenvalue weighted by molar-refractivity contribution is 5.97. The maximum atomic E-state index is 13.0. The van der Waals surface area contributed by atoms with Crippen LogP contribution in [0.2, 0.25) is 0 Å². The molecule has 0 saturated carbocycles. The summed E-state index contributed by atoms with van der Waals surface area (Å²) in [4.78, 5) is 40.4. The van der Waals surface area contributed by atoms with Crippen molar-refractivity contribution in [2.45, 2.75) is 32.4 Å². The highest BCUT2D eigenvalue weighted by atomic mass is 19.4. The highest BCUT2D eigenvalue weighted by Gasteiger charge is 2.43. The Bertz CT molecular complexity index is 1110. The van der Waals surface area contributed by atoms with Gasteiger partial charge in [-0.05, 0) is 67.1 Å². The first-order chi connectivity index (χ1) is 16.5. The first-order valence-electron chi connectivity index (χ1n) is 11.4. The van der Waals surface area contributed by atoms with Crippen LogP contribution in [0.25, 0.3) is 0 Å². The largest absolute Gasteiger partial charge is 0.416 e. The third kappa shape index (κ3) is 5.75. The number of halogens is 3. The van der Waals surface area contributed by atoms with E-state index in [1.165, 1.54) is 19.1 Å². The molecular weight excluding hydrogens is 461 g/mol. The molecule has 35 heavy (non-hydrogen) atoms. The first-order valence-corrected chi connectivity index (χ1v) is 11.4. The van der Waals surface area contributed by atoms with Crippen molar-refractivity contribution in [3.8, 4) is 0 Å². The molecule has 0 bridgehead atoms. The van der Waals surface area contributed by atoms with Gasteiger partial charge in [0.15, 0.2) is 0 Å². The zero-order valence-electron chi connectivity index (χ0n) is 19.3. The zero-order chi connectivity index (χ0) is 25.2. The fourth-order valence-corrected chi connectivity index (χ4v) is 4.76. The van der Waals surface area contributed by atoms with Gasteiger partial charge < -0.3 is 20.4 Å². The molecule has 0 aromatic heterocycles. The van der Waals surface area contributed by atoms with Gasteiger partial charge in [-0.2, -0.15) is 13.2 Å². The number of piperidine rings is 1. The van der Waals surface area contributed by atoms with Gasteiger partial charge in [-0.25, -0.2) is 4.79 Å². The highest BCUT2D eigenvalue weighted by Crippen LogP contribution is 2.41. The summed E-state index contributed by atoms with van der Waals surface area (Å²) < 4.78 is 38.2. The first kappa shape index (κ1) is 24.6. The molecule has 2 aromatic rings. The van der Waals surface area contributed by atoms with Gasteiger partial charge in [-0.1, -0.05) is 6.07 Å². The number of rotatable bonds is 3. The molecule has 2 N–H and O–H groups in total. The predicted octanol–water partition coefficient (Wildman–Crippen LogP) is 4.82. The van der Waals surface area contributed by atoms with Gasteiger partial charge in [-0.15, -0.1) is 0 Å². The minimum absolute atomic E-state index is 0.0771. The average Bonchev–Trinajstić information content (AvgIpc) is 3.22. The topological polar surface area (TPSA) is 81.8 Å². The number of anilines is 2. The summed E-state index contributed by atoms with van der Waals surface area (Å²) in [6, 6.07) is 10.9. The molecule has 0 unspecified atom stereocenters. The molecule has 7 nitrogen and oxygen atoms in total. The van der Waals surface area contributed by atoms with E-state index in [1.807, 2.05) is 0 Å². The summed E-state index contributed by atoms with van der Waals surface area (Å²) in [5.41, 5.74) is 0.551. The lowest BCUT2D eigenvalue weighted by Gasteiger charge is -2.39. The molecule has 2 fully saturated rings. The molecule has 2 aliphatic heterocycles. The zero-order valence-corrected chi connectivity index (χ0v) is 19.3. The molecule has 2 heterocycles. The molecule has 2 aliphatic rings. The number of benzene rings is 2. The summed E-state index contributed by atoms with van der Waals surface area (Å²) in [5.74, 6) is -0.301. The van der Waals surface area contributed by atoms with Gasteiger partial charge in [0.05, 0.1) is 5.56 Å². The van der Waals surface area contributed by atoms with Crippen molar-refractivity contribution >= 4 is 29.2 Å². The van der Waals surface area contributed by atoms with Crippen LogP contribution in [0.1, 0.15) is 42.1 Å². The fraction of sp³-hybridized carbons (Fsp3) is 0.400. The minimum Gasteiger partial charge on any atom is -0.339 e. The SMILES string of the molecule is CC(=O)Nc1cccc(C(=O)N2CCC3(CCN(C(=O)Nc4ccc(C(F)(F)F)cc4)C3)CC2)c1. The maximum absolute atomic E-state index is 13.0. The van der Waals surface area contributed by atoms with E-state index in [0.29, 0.717) is 43.1 Å². The second-order valence-corrected chi connectivity index (χ2v) is 9.23. The Hall–Kier alpha value is -3.56. The Morgan fingerprint density at radius 3 is 2.09 bits per heavy atom. The molecular formula is C25H27F3N4O3. The third-order valence-corrected chi connectivity index (χ3v) is 6.73. The second kappa shape index (κ2) is 9.59. The molecule has 186 valence electrons. The minimum atomic E-state index is -4.42. The number of nitrogens with one attached hydrogen (secondary N) is 2. The number of nitrogens with zero attached hydrogens (tertiary/aromatic N) is 2. The summed E-state index contributed by atoms with van der Waals surface area (Å²) in [6.07, 6.45) is -2.09. The number of carbonyl (C=O) groups is 3. The van der Waals surface area contributed by atoms with E-state index in [9.17, 15) is 27.6 Å². The number of hydrogen-bond donors (Lipinski definition) is 2. The summed E-state index contributed by atoms with van der Waals surface area (Å²) in [7, 11) is 0. The lowest BCUT2D eigenvalue weighted by Crippen LogP contribution is -2.45. The number of likely N-dealkylation sites (tertiary alicyclic amines) is 2. The lowest BCUT2D eigenvalue weighted by molar-refractivity contribution is -0.137. The Morgan fingerprint density at radius 2 is 1.49 bits per heavy atom. The van der Waals surface area contributed by atoms with E-state index in [-0.39, 0.29) is 23.3 Å². The van der Waals surface area contributed by atoms with Crippen molar-refractivity contribution in [1.82, 2.24) is 9.80 Å². The van der Waals surface area contributed by atoms with Crippen LogP contribution < -0.4 is 10.6 Å². The molecule has 0 radical (unpaired) electrons. The second-order valence-electron chi connectivity index (χ2n) is 9.23. The summed E-state index contributed by atoms with van der Waals surface area (Å²) >= 11 is 0. The maximum Gasteiger partial charge on any atom is 0.416 e. The smallest absolute Gasteiger partial charge is 0.339 e. The Labute approximate surface area is 201 Å². The Morgan fingerprint density at radius 1 is 0.857 bits per heavy atom. The molecule has 2 aromatic carbocycles. The van der Waals surface area contributed by atoms with E-state index >= 15 is 0 Å². The van der Waals surface area contributed by atoms with Crippen LogP contribution in [0, 0.1) is 5.41 Å². The van der Waals surface area contributed by atoms with Gasteiger partial charge in [-0.3, -0.25) is 9.59 Å². The predicted molar refractivity (Wildman–Crippen MR) is 125 cm³/mol. The number of hydrogen-bond acceptors (Lipinski definition) is 3. The average molecular weight is 489 g/mol. The van der Waals surface area contributed by atoms with Crippen LogP contribution in [0.3, 0.4) is 0 Å². The number of urea groups is 1. The number of alkyl halides is 3. The van der Waals surface area contributed by atoms with Crippen LogP contribution in [0.4, 0.5) is 29.3 Å². The van der Waals surface area contributed by atoms with Crippen molar-refractivity contribution in [1.29, 1.82) is 0 Å². The third-order valence-electron chi connectivity index (χ3n) is 6.73. The monoisotopic (exact) mass is 488 g/mol. The normalized spacial score (nSPS) is 17.4. The van der Waals surface area contributed by atoms with Gasteiger partial charge >= 0.3 is 12.2 Å². The van der Waals surface area contributed by atoms with Crippen molar-refractivity contribution in [2.75, 3.05) is 36.8 Å². The Balaban J connectivity index is 1.31. The van der Waals surface area contributed by atoms with Gasteiger partial charge in [0.2, 0.25) is 5.91 Å². The van der Waals surface area contributed by atoms with Crippen LogP contribution in [-0.2, 0) is 11.0 Å². The molecule has 0 atom stereocenters. The summed E-state index contributed by atoms with van der Waals surface area (Å²) in [5, 5.41) is 5.36. The van der Waals surface area contributed by atoms with E-state index in [1.54, 1.807) is 34.1 Å². The molecule has 1 spiro atoms. The van der Waals surface area contributed by atoms with Crippen molar-refractivity contribution < 1.29 is 27.6 Å². The fourth-order valence-electron chi connectivity index (χ4n) is 4.76. The molecule has 4 amide bonds. The van der Waals surface area contributed by atoms with Gasteiger partial charge in [0.1, 0.15) is 0 Å². The van der Waals surface area contributed by atoms with E-state index in [4.69, 9.17) is 0 Å². The molecule has 0 aliphatic carbocycles. The van der Waals surface area contributed by atoms with Crippen LogP contribution >= 0.6 is 0 Å². The molecule has 10 heteroatoms. The molecule has 2 saturated heterocycles. The van der Waals surface area contributed by atoms with E-state index in [0.717, 1.165) is 31.4 Å². The summed E-state index contributed by atoms with van der Waals surface area (Å²) in [6.45, 7) is 3.64. The van der Waals surface area contributed by atoms with Crippen LogP contribution in [-0.4, -0.2) is 53.8 Å². The molecule has 4 rings (SSSR count). The standard InChI is InChI=1S/C25H27F3N4O3/c1-17(33)29-21-4-2-3-18(15-21)22(34)31-12-9-24(10-13-31)11-14-32(16-24)23(35)30-20-7-5-19(6-8-20)25(26,27)28/h2-8,15H,9-14,16H2,1H3,(H,29,33)(H,30,35). The van der Waals surface area contributed by atoms with E-state index in [2.05, 4.69) is 10.6 Å². The van der Waals surface area contributed by atoms with Crippen molar-refractivity contribution in [3.05, 3.63) is 59.7 Å². The number of amides is 4. The van der Waals surface area contributed by atoms with Crippen LogP contribution in [0.15, 0.2) is 48.5 Å². The Kier molecular flexibility index (Phi) is 6.73. The van der Waals surface area contributed by atoms with E-state index < -0.39 is 11.7 Å². The van der Waals surface area contributed by atoms with Gasteiger partial charge in [0.25, 0.3) is 5.91 Å². The lowest BCUT2D eigenvalue weighted by atomic mass is 9.77. The van der Waals surface area contributed by atoms with Crippen molar-refractivity contribution in [2.24, 2.45) is 5.41 Å². The number of carbonyl (C=O) groups excluding carboxylic acids is 3. The van der Waals surface area contributed by atoms with Gasteiger partial charge in [0, 0.05) is 50.0 Å². The quantitative estimate of drug-likeness (QED) is 0.650. The van der Waals surface area contributed by atoms with Crippen LogP contribution in [0.5, 0.6) is 0 Å².